The van der Waals surface area contributed by atoms with E-state index in [0.29, 0.717) is 17.7 Å². The maximum atomic E-state index is 12.8. The molecule has 0 fully saturated rings. The molecule has 0 bridgehead atoms. The molecule has 0 aromatic heterocycles. The molecule has 0 heterocycles. The molecule has 6 nitrogen and oxygen atoms in total. The Morgan fingerprint density at radius 3 is 2.26 bits per heavy atom. The van der Waals surface area contributed by atoms with Crippen molar-refractivity contribution in [2.45, 2.75) is 24.8 Å². The number of carbonyl (C=O) groups excluding carboxylic acids is 2. The zero-order valence-electron chi connectivity index (χ0n) is 14.8. The van der Waals surface area contributed by atoms with Gasteiger partial charge >= 0.3 is 11.9 Å². The lowest BCUT2D eigenvalue weighted by atomic mass is 10.1. The van der Waals surface area contributed by atoms with Gasteiger partial charge in [-0.25, -0.2) is 0 Å². The van der Waals surface area contributed by atoms with Crippen LogP contribution in [0.3, 0.4) is 0 Å². The number of anilines is 1. The average molecular weight is 434 g/mol. The summed E-state index contributed by atoms with van der Waals surface area (Å²) in [6.07, 6.45) is 0.725. The minimum absolute atomic E-state index is 0.235. The topological polar surface area (TPSA) is 83.9 Å². The SMILES string of the molecule is CC(Br)OC(=O)CCc1ccc(C(=O)N(CC(=O)O)c2ccccc2)cc1. The van der Waals surface area contributed by atoms with E-state index in [1.54, 1.807) is 61.5 Å². The van der Waals surface area contributed by atoms with Crippen LogP contribution in [-0.4, -0.2) is 34.5 Å². The van der Waals surface area contributed by atoms with Gasteiger partial charge in [0.05, 0.1) is 0 Å². The predicted octanol–water partition coefficient (Wildman–Crippen LogP) is 3.63. The second-order valence-corrected chi connectivity index (χ2v) is 7.14. The van der Waals surface area contributed by atoms with Gasteiger partial charge in [0.1, 0.15) is 6.54 Å². The van der Waals surface area contributed by atoms with Gasteiger partial charge in [-0.3, -0.25) is 19.3 Å². The molecule has 0 aliphatic carbocycles. The normalized spacial score (nSPS) is 11.5. The third kappa shape index (κ3) is 6.53. The molecule has 0 radical (unpaired) electrons. The number of halogens is 1. The third-order valence-corrected chi connectivity index (χ3v) is 3.91. The zero-order valence-corrected chi connectivity index (χ0v) is 16.4. The highest BCUT2D eigenvalue weighted by molar-refractivity contribution is 9.09. The fourth-order valence-electron chi connectivity index (χ4n) is 2.48. The summed E-state index contributed by atoms with van der Waals surface area (Å²) in [5.74, 6) is -1.80. The van der Waals surface area contributed by atoms with E-state index in [4.69, 9.17) is 9.84 Å². The van der Waals surface area contributed by atoms with E-state index in [0.717, 1.165) is 5.56 Å². The van der Waals surface area contributed by atoms with E-state index in [1.165, 1.54) is 4.90 Å². The number of benzene rings is 2. The number of esters is 1. The first-order valence-corrected chi connectivity index (χ1v) is 9.29. The summed E-state index contributed by atoms with van der Waals surface area (Å²) in [6, 6.07) is 15.4. The van der Waals surface area contributed by atoms with Crippen molar-refractivity contribution < 1.29 is 24.2 Å². The van der Waals surface area contributed by atoms with Gasteiger partial charge in [0.2, 0.25) is 0 Å². The molecule has 1 amide bonds. The van der Waals surface area contributed by atoms with Crippen molar-refractivity contribution in [2.75, 3.05) is 11.4 Å². The molecule has 1 N–H and O–H groups in total. The molecule has 0 saturated carbocycles. The number of hydrogen-bond acceptors (Lipinski definition) is 4. The van der Waals surface area contributed by atoms with Gasteiger partial charge in [-0.15, -0.1) is 0 Å². The van der Waals surface area contributed by atoms with E-state index < -0.39 is 18.4 Å². The number of carboxylic acids is 1. The van der Waals surface area contributed by atoms with E-state index in [1.807, 2.05) is 0 Å². The fraction of sp³-hybridized carbons (Fsp3) is 0.250. The van der Waals surface area contributed by atoms with Crippen molar-refractivity contribution in [1.82, 2.24) is 0 Å². The first-order chi connectivity index (χ1) is 12.9. The standard InChI is InChI=1S/C20H20BrNO5/c1-14(21)27-19(25)12-9-15-7-10-16(11-8-15)20(26)22(13-18(23)24)17-5-3-2-4-6-17/h2-8,10-11,14H,9,12-13H2,1H3,(H,23,24). The highest BCUT2D eigenvalue weighted by atomic mass is 79.9. The number of ether oxygens (including phenoxy) is 1. The van der Waals surface area contributed by atoms with E-state index in [2.05, 4.69) is 15.9 Å². The molecule has 0 aliphatic rings. The summed E-state index contributed by atoms with van der Waals surface area (Å²) < 4.78 is 5.01. The van der Waals surface area contributed by atoms with Crippen LogP contribution in [0.25, 0.3) is 0 Å². The van der Waals surface area contributed by atoms with Gasteiger partial charge in [-0.05, 0) is 59.1 Å². The minimum atomic E-state index is -1.09. The molecule has 27 heavy (non-hydrogen) atoms. The Kier molecular flexibility index (Phi) is 7.55. The van der Waals surface area contributed by atoms with E-state index in [9.17, 15) is 14.4 Å². The number of amides is 1. The summed E-state index contributed by atoms with van der Waals surface area (Å²) >= 11 is 3.15. The van der Waals surface area contributed by atoms with Crippen LogP contribution in [0.1, 0.15) is 29.3 Å². The van der Waals surface area contributed by atoms with E-state index in [-0.39, 0.29) is 17.4 Å². The van der Waals surface area contributed by atoms with E-state index >= 15 is 0 Å². The van der Waals surface area contributed by atoms with Crippen molar-refractivity contribution >= 4 is 39.5 Å². The summed E-state index contributed by atoms with van der Waals surface area (Å²) in [7, 11) is 0. The predicted molar refractivity (Wildman–Crippen MR) is 105 cm³/mol. The highest BCUT2D eigenvalue weighted by Crippen LogP contribution is 2.17. The molecule has 1 unspecified atom stereocenters. The number of rotatable bonds is 8. The largest absolute Gasteiger partial charge is 0.480 e. The number of nitrogens with zero attached hydrogens (tertiary/aromatic N) is 1. The van der Waals surface area contributed by atoms with Gasteiger partial charge in [0.15, 0.2) is 5.01 Å². The lowest BCUT2D eigenvalue weighted by molar-refractivity contribution is -0.144. The minimum Gasteiger partial charge on any atom is -0.480 e. The quantitative estimate of drug-likeness (QED) is 0.507. The number of aliphatic carboxylic acids is 1. The van der Waals surface area contributed by atoms with Crippen LogP contribution in [0, 0.1) is 0 Å². The highest BCUT2D eigenvalue weighted by Gasteiger charge is 2.20. The fourth-order valence-corrected chi connectivity index (χ4v) is 2.69. The molecule has 2 rings (SSSR count). The number of hydrogen-bond donors (Lipinski definition) is 1. The summed E-state index contributed by atoms with van der Waals surface area (Å²) in [5.41, 5.74) is 1.77. The van der Waals surface area contributed by atoms with Crippen molar-refractivity contribution in [1.29, 1.82) is 0 Å². The number of aryl methyl sites for hydroxylation is 1. The van der Waals surface area contributed by atoms with Crippen LogP contribution >= 0.6 is 15.9 Å². The summed E-state index contributed by atoms with van der Waals surface area (Å²) in [5, 5.41) is 8.80. The van der Waals surface area contributed by atoms with Crippen LogP contribution in [0.4, 0.5) is 5.69 Å². The van der Waals surface area contributed by atoms with Gasteiger partial charge in [-0.2, -0.15) is 0 Å². The molecular weight excluding hydrogens is 414 g/mol. The van der Waals surface area contributed by atoms with Crippen molar-refractivity contribution in [3.63, 3.8) is 0 Å². The molecule has 2 aromatic rings. The number of para-hydroxylation sites is 1. The molecule has 0 spiro atoms. The Balaban J connectivity index is 2.08. The number of carbonyl (C=O) groups is 3. The molecule has 0 saturated heterocycles. The molecule has 1 atom stereocenters. The average Bonchev–Trinajstić information content (AvgIpc) is 2.64. The monoisotopic (exact) mass is 433 g/mol. The van der Waals surface area contributed by atoms with Crippen LogP contribution in [0.5, 0.6) is 0 Å². The van der Waals surface area contributed by atoms with Crippen molar-refractivity contribution in [3.8, 4) is 0 Å². The first kappa shape index (κ1) is 20.6. The lowest BCUT2D eigenvalue weighted by Crippen LogP contribution is -2.35. The van der Waals surface area contributed by atoms with Gasteiger partial charge in [0, 0.05) is 17.7 Å². The van der Waals surface area contributed by atoms with Crippen LogP contribution in [-0.2, 0) is 20.7 Å². The van der Waals surface area contributed by atoms with Crippen LogP contribution in [0.2, 0.25) is 0 Å². The molecular formula is C20H20BrNO5. The smallest absolute Gasteiger partial charge is 0.323 e. The van der Waals surface area contributed by atoms with Gasteiger partial charge in [0.25, 0.3) is 5.91 Å². The van der Waals surface area contributed by atoms with Crippen molar-refractivity contribution in [3.05, 3.63) is 65.7 Å². The second-order valence-electron chi connectivity index (χ2n) is 5.85. The number of carboxylic acid groups (broad SMARTS) is 1. The summed E-state index contributed by atoms with van der Waals surface area (Å²) in [4.78, 5) is 36.7. The van der Waals surface area contributed by atoms with Crippen LogP contribution in [0.15, 0.2) is 54.6 Å². The third-order valence-electron chi connectivity index (χ3n) is 3.72. The van der Waals surface area contributed by atoms with Crippen molar-refractivity contribution in [2.24, 2.45) is 0 Å². The second kappa shape index (κ2) is 9.87. The molecule has 2 aromatic carbocycles. The Bertz CT molecular complexity index is 790. The van der Waals surface area contributed by atoms with Gasteiger partial charge in [-0.1, -0.05) is 30.3 Å². The Morgan fingerprint density at radius 1 is 1.07 bits per heavy atom. The van der Waals surface area contributed by atoms with Crippen LogP contribution < -0.4 is 4.90 Å². The zero-order chi connectivity index (χ0) is 19.8. The maximum absolute atomic E-state index is 12.8. The maximum Gasteiger partial charge on any atom is 0.323 e. The Morgan fingerprint density at radius 2 is 1.70 bits per heavy atom. The first-order valence-electron chi connectivity index (χ1n) is 8.38. The Hall–Kier alpha value is -2.67. The molecule has 0 aliphatic heterocycles. The molecule has 142 valence electrons. The Labute approximate surface area is 165 Å². The lowest BCUT2D eigenvalue weighted by Gasteiger charge is -2.21. The summed E-state index contributed by atoms with van der Waals surface area (Å²) in [6.45, 7) is 1.29. The van der Waals surface area contributed by atoms with Gasteiger partial charge < -0.3 is 9.84 Å². The number of alkyl halides is 1. The molecule has 7 heteroatoms.